The van der Waals surface area contributed by atoms with Crippen LogP contribution in [0.4, 0.5) is 5.69 Å². The Morgan fingerprint density at radius 2 is 1.86 bits per heavy atom. The Hall–Kier alpha value is -2.23. The second-order valence-corrected chi connectivity index (χ2v) is 5.80. The Kier molecular flexibility index (Phi) is 2.77. The average molecular weight is 282 g/mol. The van der Waals surface area contributed by atoms with Crippen LogP contribution in [-0.2, 0) is 0 Å². The van der Waals surface area contributed by atoms with Crippen molar-refractivity contribution in [1.29, 1.82) is 0 Å². The lowest BCUT2D eigenvalue weighted by Crippen LogP contribution is -2.41. The van der Waals surface area contributed by atoms with Gasteiger partial charge in [-0.3, -0.25) is 4.58 Å². The van der Waals surface area contributed by atoms with Crippen molar-refractivity contribution in [3.05, 3.63) is 30.3 Å². The first-order valence-corrected chi connectivity index (χ1v) is 7.56. The fourth-order valence-electron chi connectivity index (χ4n) is 3.59. The number of benzene rings is 2. The van der Waals surface area contributed by atoms with E-state index < -0.39 is 0 Å². The zero-order chi connectivity index (χ0) is 14.4. The minimum absolute atomic E-state index is 0.0182. The van der Waals surface area contributed by atoms with Gasteiger partial charge >= 0.3 is 0 Å². The molecule has 2 aliphatic rings. The highest BCUT2D eigenvalue weighted by atomic mass is 16.3. The Labute approximate surface area is 123 Å². The van der Waals surface area contributed by atoms with E-state index in [1.54, 1.807) is 18.2 Å². The summed E-state index contributed by atoms with van der Waals surface area (Å²) in [5.74, 6) is 1.45. The molecular weight excluding hydrogens is 264 g/mol. The summed E-state index contributed by atoms with van der Waals surface area (Å²) in [4.78, 5) is 2.12. The van der Waals surface area contributed by atoms with Crippen molar-refractivity contribution in [1.82, 2.24) is 0 Å². The summed E-state index contributed by atoms with van der Waals surface area (Å²) in [7, 11) is 0. The van der Waals surface area contributed by atoms with Crippen LogP contribution in [0.2, 0.25) is 0 Å². The number of fused-ring (bicyclic) bond motifs is 1. The summed E-state index contributed by atoms with van der Waals surface area (Å²) in [5.41, 5.74) is 0.618. The predicted molar refractivity (Wildman–Crippen MR) is 81.3 cm³/mol. The highest BCUT2D eigenvalue weighted by Crippen LogP contribution is 2.39. The summed E-state index contributed by atoms with van der Waals surface area (Å²) >= 11 is 0. The summed E-state index contributed by atoms with van der Waals surface area (Å²) in [6.45, 7) is 3.03. The second kappa shape index (κ2) is 4.65. The maximum absolute atomic E-state index is 12.8. The highest BCUT2D eigenvalue weighted by Gasteiger charge is 2.33. The molecule has 0 amide bonds. The van der Waals surface area contributed by atoms with Crippen molar-refractivity contribution in [2.75, 3.05) is 24.5 Å². The SMILES string of the molecule is [O-]c1c(N2CCC[N+]3=C2CCC3)cc(O)c2ccccc12. The lowest BCUT2D eigenvalue weighted by Gasteiger charge is -2.27. The molecule has 4 nitrogen and oxygen atoms in total. The molecule has 0 saturated carbocycles. The molecule has 2 aromatic carbocycles. The van der Waals surface area contributed by atoms with Crippen LogP contribution in [0, 0.1) is 0 Å². The van der Waals surface area contributed by atoms with Crippen molar-refractivity contribution >= 4 is 22.3 Å². The number of hydrogen-bond acceptors (Lipinski definition) is 3. The van der Waals surface area contributed by atoms with Gasteiger partial charge in [0.2, 0.25) is 0 Å². The molecule has 0 radical (unpaired) electrons. The second-order valence-electron chi connectivity index (χ2n) is 5.80. The number of phenolic OH excluding ortho intramolecular Hbond substituents is 1. The van der Waals surface area contributed by atoms with E-state index in [1.807, 2.05) is 12.1 Å². The predicted octanol–water partition coefficient (Wildman–Crippen LogP) is 2.03. The lowest BCUT2D eigenvalue weighted by molar-refractivity contribution is -0.524. The maximum atomic E-state index is 12.8. The van der Waals surface area contributed by atoms with Crippen LogP contribution in [0.3, 0.4) is 0 Å². The van der Waals surface area contributed by atoms with Crippen LogP contribution in [0.5, 0.6) is 11.5 Å². The number of amidine groups is 1. The molecular formula is C17H18N2O2. The third-order valence-electron chi connectivity index (χ3n) is 4.56. The first kappa shape index (κ1) is 12.5. The van der Waals surface area contributed by atoms with Gasteiger partial charge in [-0.1, -0.05) is 30.0 Å². The molecule has 2 heterocycles. The lowest BCUT2D eigenvalue weighted by atomic mass is 10.1. The first-order valence-electron chi connectivity index (χ1n) is 7.56. The van der Waals surface area contributed by atoms with E-state index in [9.17, 15) is 10.2 Å². The zero-order valence-corrected chi connectivity index (χ0v) is 11.9. The number of phenols is 1. The Morgan fingerprint density at radius 3 is 2.71 bits per heavy atom. The van der Waals surface area contributed by atoms with Crippen LogP contribution in [0.25, 0.3) is 10.8 Å². The van der Waals surface area contributed by atoms with E-state index in [1.165, 1.54) is 5.84 Å². The van der Waals surface area contributed by atoms with Crippen LogP contribution in [0.15, 0.2) is 30.3 Å². The van der Waals surface area contributed by atoms with Crippen LogP contribution < -0.4 is 10.0 Å². The third-order valence-corrected chi connectivity index (χ3v) is 4.56. The highest BCUT2D eigenvalue weighted by molar-refractivity contribution is 6.03. The van der Waals surface area contributed by atoms with Gasteiger partial charge in [0.25, 0.3) is 5.84 Å². The van der Waals surface area contributed by atoms with Gasteiger partial charge in [-0.25, -0.2) is 4.90 Å². The van der Waals surface area contributed by atoms with E-state index >= 15 is 0 Å². The summed E-state index contributed by atoms with van der Waals surface area (Å²) in [5, 5.41) is 24.3. The summed E-state index contributed by atoms with van der Waals surface area (Å²) in [6, 6.07) is 8.91. The summed E-state index contributed by atoms with van der Waals surface area (Å²) in [6.07, 6.45) is 3.23. The molecule has 21 heavy (non-hydrogen) atoms. The van der Waals surface area contributed by atoms with Crippen molar-refractivity contribution < 1.29 is 14.8 Å². The number of rotatable bonds is 1. The molecule has 0 fully saturated rings. The quantitative estimate of drug-likeness (QED) is 0.814. The molecule has 0 atom stereocenters. The van der Waals surface area contributed by atoms with Gasteiger partial charge in [-0.2, -0.15) is 0 Å². The molecule has 0 saturated heterocycles. The Morgan fingerprint density at radius 1 is 1.10 bits per heavy atom. The van der Waals surface area contributed by atoms with Gasteiger partial charge in [0.05, 0.1) is 26.1 Å². The number of hydrogen-bond donors (Lipinski definition) is 1. The van der Waals surface area contributed by atoms with Crippen molar-refractivity contribution in [2.24, 2.45) is 0 Å². The minimum atomic E-state index is 0.0182. The molecule has 1 N–H and O–H groups in total. The van der Waals surface area contributed by atoms with Gasteiger partial charge in [0.15, 0.2) is 0 Å². The van der Waals surface area contributed by atoms with E-state index in [0.29, 0.717) is 16.5 Å². The van der Waals surface area contributed by atoms with Gasteiger partial charge < -0.3 is 10.2 Å². The monoisotopic (exact) mass is 282 g/mol. The normalized spacial score (nSPS) is 18.4. The largest absolute Gasteiger partial charge is 0.869 e. The molecule has 0 aliphatic carbocycles. The van der Waals surface area contributed by atoms with Crippen LogP contribution in [0.1, 0.15) is 19.3 Å². The number of aromatic hydroxyl groups is 1. The number of anilines is 1. The fourth-order valence-corrected chi connectivity index (χ4v) is 3.59. The smallest absolute Gasteiger partial charge is 0.252 e. The van der Waals surface area contributed by atoms with E-state index in [0.717, 1.165) is 38.9 Å². The number of nitrogens with zero attached hydrogens (tertiary/aromatic N) is 2. The standard InChI is InChI=1S/C17H18N2O2/c20-15-11-14(17(21)13-6-2-1-5-12(13)15)19-10-4-9-18-8-3-7-16(18)19/h1-2,5-6,11H,3-4,7-10H2,(H-,20,21). The van der Waals surface area contributed by atoms with Gasteiger partial charge in [0, 0.05) is 17.9 Å². The average Bonchev–Trinajstić information content (AvgIpc) is 2.99. The Bertz CT molecular complexity index is 752. The molecule has 2 aromatic rings. The van der Waals surface area contributed by atoms with Crippen LogP contribution in [-0.4, -0.2) is 35.2 Å². The molecule has 0 aromatic heterocycles. The Balaban J connectivity index is 1.91. The maximum Gasteiger partial charge on any atom is 0.252 e. The van der Waals surface area contributed by atoms with Gasteiger partial charge in [-0.05, 0) is 11.8 Å². The van der Waals surface area contributed by atoms with Gasteiger partial charge in [0.1, 0.15) is 11.4 Å². The topological polar surface area (TPSA) is 49.5 Å². The fraction of sp³-hybridized carbons (Fsp3) is 0.353. The molecule has 0 unspecified atom stereocenters. The minimum Gasteiger partial charge on any atom is -0.869 e. The van der Waals surface area contributed by atoms with E-state index in [2.05, 4.69) is 9.48 Å². The van der Waals surface area contributed by atoms with Crippen LogP contribution >= 0.6 is 0 Å². The molecule has 2 aliphatic heterocycles. The zero-order valence-electron chi connectivity index (χ0n) is 11.9. The summed E-state index contributed by atoms with van der Waals surface area (Å²) < 4.78 is 2.37. The molecule has 108 valence electrons. The van der Waals surface area contributed by atoms with Crippen molar-refractivity contribution in [3.8, 4) is 11.5 Å². The van der Waals surface area contributed by atoms with E-state index in [4.69, 9.17) is 0 Å². The van der Waals surface area contributed by atoms with Gasteiger partial charge in [-0.15, -0.1) is 0 Å². The third kappa shape index (κ3) is 1.86. The molecule has 0 spiro atoms. The molecule has 4 rings (SSSR count). The molecule has 4 heteroatoms. The van der Waals surface area contributed by atoms with E-state index in [-0.39, 0.29) is 11.5 Å². The van der Waals surface area contributed by atoms with Crippen molar-refractivity contribution in [3.63, 3.8) is 0 Å². The van der Waals surface area contributed by atoms with Crippen molar-refractivity contribution in [2.45, 2.75) is 19.3 Å². The molecule has 0 bridgehead atoms. The first-order chi connectivity index (χ1) is 10.3.